The Balaban J connectivity index is 2.61. The lowest BCUT2D eigenvalue weighted by Gasteiger charge is -2.06. The number of carbonyl (C=O) groups excluding carboxylic acids is 1. The van der Waals surface area contributed by atoms with E-state index in [0.29, 0.717) is 13.1 Å². The zero-order valence-corrected chi connectivity index (χ0v) is 11.2. The molecule has 19 heavy (non-hydrogen) atoms. The summed E-state index contributed by atoms with van der Waals surface area (Å²) in [7, 11) is 0. The second-order valence-electron chi connectivity index (χ2n) is 3.79. The van der Waals surface area contributed by atoms with E-state index >= 15 is 0 Å². The SMILES string of the molecule is CCCNCCNC(=O)c1cc([N+](=O)[O-])cnc1Cl. The lowest BCUT2D eigenvalue weighted by Crippen LogP contribution is -2.32. The Kier molecular flexibility index (Phi) is 6.17. The van der Waals surface area contributed by atoms with Crippen molar-refractivity contribution < 1.29 is 9.72 Å². The normalized spacial score (nSPS) is 10.2. The van der Waals surface area contributed by atoms with Gasteiger partial charge in [0.2, 0.25) is 0 Å². The minimum atomic E-state index is -0.622. The number of nitro groups is 1. The van der Waals surface area contributed by atoms with E-state index in [4.69, 9.17) is 11.6 Å². The van der Waals surface area contributed by atoms with Gasteiger partial charge in [0.25, 0.3) is 11.6 Å². The summed E-state index contributed by atoms with van der Waals surface area (Å²) in [5.74, 6) is -0.473. The summed E-state index contributed by atoms with van der Waals surface area (Å²) in [5, 5.41) is 16.3. The van der Waals surface area contributed by atoms with Gasteiger partial charge in [-0.25, -0.2) is 4.98 Å². The molecule has 1 aromatic heterocycles. The standard InChI is InChI=1S/C11H15ClN4O3/c1-2-3-13-4-5-14-11(17)9-6-8(16(18)19)7-15-10(9)12/h6-7,13H,2-5H2,1H3,(H,14,17). The van der Waals surface area contributed by atoms with Gasteiger partial charge in [-0.05, 0) is 13.0 Å². The number of nitrogens with zero attached hydrogens (tertiary/aromatic N) is 2. The number of hydrogen-bond donors (Lipinski definition) is 2. The summed E-state index contributed by atoms with van der Waals surface area (Å²) in [4.78, 5) is 25.4. The van der Waals surface area contributed by atoms with Crippen LogP contribution in [0.4, 0.5) is 5.69 Å². The molecule has 0 aromatic carbocycles. The van der Waals surface area contributed by atoms with Gasteiger partial charge >= 0.3 is 0 Å². The van der Waals surface area contributed by atoms with E-state index in [1.807, 2.05) is 6.92 Å². The Bertz CT molecular complexity index is 467. The van der Waals surface area contributed by atoms with Crippen molar-refractivity contribution >= 4 is 23.2 Å². The molecule has 0 aliphatic rings. The zero-order chi connectivity index (χ0) is 14.3. The van der Waals surface area contributed by atoms with Crippen molar-refractivity contribution in [2.45, 2.75) is 13.3 Å². The molecule has 0 aliphatic heterocycles. The molecule has 0 aliphatic carbocycles. The fraction of sp³-hybridized carbons (Fsp3) is 0.455. The summed E-state index contributed by atoms with van der Waals surface area (Å²) in [6, 6.07) is 1.12. The summed E-state index contributed by atoms with van der Waals surface area (Å²) in [6.45, 7) is 3.95. The van der Waals surface area contributed by atoms with E-state index < -0.39 is 10.8 Å². The molecule has 1 heterocycles. The molecule has 1 amide bonds. The van der Waals surface area contributed by atoms with Gasteiger partial charge in [-0.1, -0.05) is 18.5 Å². The predicted octanol–water partition coefficient (Wildman–Crippen LogP) is 1.37. The lowest BCUT2D eigenvalue weighted by molar-refractivity contribution is -0.385. The average molecular weight is 287 g/mol. The van der Waals surface area contributed by atoms with Gasteiger partial charge in [0, 0.05) is 19.2 Å². The van der Waals surface area contributed by atoms with Gasteiger partial charge in [-0.3, -0.25) is 14.9 Å². The number of carbonyl (C=O) groups is 1. The smallest absolute Gasteiger partial charge is 0.288 e. The molecule has 0 saturated heterocycles. The minimum Gasteiger partial charge on any atom is -0.351 e. The van der Waals surface area contributed by atoms with Gasteiger partial charge in [-0.2, -0.15) is 0 Å². The summed E-state index contributed by atoms with van der Waals surface area (Å²) < 4.78 is 0. The van der Waals surface area contributed by atoms with Gasteiger partial charge in [0.05, 0.1) is 10.5 Å². The van der Waals surface area contributed by atoms with Crippen LogP contribution in [-0.4, -0.2) is 35.4 Å². The van der Waals surface area contributed by atoms with Crippen LogP contribution in [0.3, 0.4) is 0 Å². The maximum absolute atomic E-state index is 11.8. The Labute approximate surface area is 115 Å². The molecular formula is C11H15ClN4O3. The Hall–Kier alpha value is -1.73. The Morgan fingerprint density at radius 3 is 2.84 bits per heavy atom. The fourth-order valence-corrected chi connectivity index (χ4v) is 1.55. The number of aromatic nitrogens is 1. The molecule has 0 bridgehead atoms. The molecule has 0 spiro atoms. The Morgan fingerprint density at radius 1 is 1.47 bits per heavy atom. The molecule has 0 radical (unpaired) electrons. The molecule has 8 heteroatoms. The number of nitrogens with one attached hydrogen (secondary N) is 2. The largest absolute Gasteiger partial charge is 0.351 e. The summed E-state index contributed by atoms with van der Waals surface area (Å²) >= 11 is 5.75. The van der Waals surface area contributed by atoms with Crippen molar-refractivity contribution in [2.24, 2.45) is 0 Å². The van der Waals surface area contributed by atoms with E-state index in [0.717, 1.165) is 25.2 Å². The zero-order valence-electron chi connectivity index (χ0n) is 10.5. The average Bonchev–Trinajstić information content (AvgIpc) is 2.38. The highest BCUT2D eigenvalue weighted by atomic mass is 35.5. The van der Waals surface area contributed by atoms with Crippen LogP contribution in [0.1, 0.15) is 23.7 Å². The van der Waals surface area contributed by atoms with E-state index in [9.17, 15) is 14.9 Å². The molecule has 0 saturated carbocycles. The van der Waals surface area contributed by atoms with E-state index in [2.05, 4.69) is 15.6 Å². The first kappa shape index (κ1) is 15.3. The highest BCUT2D eigenvalue weighted by molar-refractivity contribution is 6.32. The Morgan fingerprint density at radius 2 is 2.21 bits per heavy atom. The monoisotopic (exact) mass is 286 g/mol. The number of halogens is 1. The van der Waals surface area contributed by atoms with Gasteiger partial charge in [-0.15, -0.1) is 0 Å². The third-order valence-electron chi connectivity index (χ3n) is 2.29. The molecule has 0 unspecified atom stereocenters. The summed E-state index contributed by atoms with van der Waals surface area (Å²) in [6.07, 6.45) is 2.02. The van der Waals surface area contributed by atoms with Crippen LogP contribution in [0, 0.1) is 10.1 Å². The minimum absolute atomic E-state index is 0.00589. The van der Waals surface area contributed by atoms with Gasteiger partial charge < -0.3 is 10.6 Å². The first-order valence-electron chi connectivity index (χ1n) is 5.85. The second-order valence-corrected chi connectivity index (χ2v) is 4.15. The van der Waals surface area contributed by atoms with Crippen molar-refractivity contribution in [1.29, 1.82) is 0 Å². The topological polar surface area (TPSA) is 97.2 Å². The fourth-order valence-electron chi connectivity index (χ4n) is 1.36. The van der Waals surface area contributed by atoms with Crippen LogP contribution in [0.15, 0.2) is 12.3 Å². The van der Waals surface area contributed by atoms with Crippen LogP contribution in [0.2, 0.25) is 5.15 Å². The number of pyridine rings is 1. The predicted molar refractivity (Wildman–Crippen MR) is 71.4 cm³/mol. The van der Waals surface area contributed by atoms with Crippen LogP contribution in [-0.2, 0) is 0 Å². The highest BCUT2D eigenvalue weighted by Gasteiger charge is 2.16. The molecule has 0 atom stereocenters. The maximum atomic E-state index is 11.8. The first-order valence-corrected chi connectivity index (χ1v) is 6.23. The third kappa shape index (κ3) is 4.80. The molecule has 7 nitrogen and oxygen atoms in total. The van der Waals surface area contributed by atoms with Crippen molar-refractivity contribution in [2.75, 3.05) is 19.6 Å². The summed E-state index contributed by atoms with van der Waals surface area (Å²) in [5.41, 5.74) is -0.259. The van der Waals surface area contributed by atoms with Crippen molar-refractivity contribution in [3.8, 4) is 0 Å². The van der Waals surface area contributed by atoms with E-state index in [1.165, 1.54) is 0 Å². The molecule has 0 fully saturated rings. The van der Waals surface area contributed by atoms with Crippen molar-refractivity contribution in [3.63, 3.8) is 0 Å². The maximum Gasteiger partial charge on any atom is 0.288 e. The molecule has 1 rings (SSSR count). The quantitative estimate of drug-likeness (QED) is 0.341. The number of rotatable bonds is 7. The third-order valence-corrected chi connectivity index (χ3v) is 2.60. The van der Waals surface area contributed by atoms with Crippen LogP contribution < -0.4 is 10.6 Å². The molecule has 104 valence electrons. The van der Waals surface area contributed by atoms with Gasteiger partial charge in [0.15, 0.2) is 0 Å². The lowest BCUT2D eigenvalue weighted by atomic mass is 10.2. The highest BCUT2D eigenvalue weighted by Crippen LogP contribution is 2.18. The number of hydrogen-bond acceptors (Lipinski definition) is 5. The van der Waals surface area contributed by atoms with Crippen LogP contribution in [0.5, 0.6) is 0 Å². The molecular weight excluding hydrogens is 272 g/mol. The van der Waals surface area contributed by atoms with Crippen LogP contribution in [0.25, 0.3) is 0 Å². The van der Waals surface area contributed by atoms with Crippen molar-refractivity contribution in [1.82, 2.24) is 15.6 Å². The van der Waals surface area contributed by atoms with Gasteiger partial charge in [0.1, 0.15) is 11.3 Å². The first-order chi connectivity index (χ1) is 9.06. The van der Waals surface area contributed by atoms with Crippen molar-refractivity contribution in [3.05, 3.63) is 33.1 Å². The van der Waals surface area contributed by atoms with E-state index in [1.54, 1.807) is 0 Å². The van der Waals surface area contributed by atoms with Crippen LogP contribution >= 0.6 is 11.6 Å². The van der Waals surface area contributed by atoms with E-state index in [-0.39, 0.29) is 16.4 Å². The molecule has 1 aromatic rings. The molecule has 2 N–H and O–H groups in total. The second kappa shape index (κ2) is 7.65. The number of amides is 1.